The minimum atomic E-state index is 0. The van der Waals surface area contributed by atoms with Crippen molar-refractivity contribution >= 4 is 35.8 Å². The summed E-state index contributed by atoms with van der Waals surface area (Å²) in [6, 6.07) is 4.12. The van der Waals surface area contributed by atoms with Gasteiger partial charge in [0.15, 0.2) is 5.96 Å². The Morgan fingerprint density at radius 1 is 1.15 bits per heavy atom. The Bertz CT molecular complexity index is 573. The number of nitrogens with zero attached hydrogens (tertiary/aromatic N) is 4. The summed E-state index contributed by atoms with van der Waals surface area (Å²) in [5, 5.41) is 6.85. The van der Waals surface area contributed by atoms with Crippen molar-refractivity contribution in [3.8, 4) is 0 Å². The molecule has 8 heteroatoms. The zero-order valence-corrected chi connectivity index (χ0v) is 18.7. The second-order valence-corrected chi connectivity index (χ2v) is 6.84. The highest BCUT2D eigenvalue weighted by Crippen LogP contribution is 2.18. The molecule has 3 heterocycles. The van der Waals surface area contributed by atoms with E-state index in [-0.39, 0.29) is 24.0 Å². The summed E-state index contributed by atoms with van der Waals surface area (Å²) in [4.78, 5) is 13.8. The highest BCUT2D eigenvalue weighted by Gasteiger charge is 2.16. The predicted octanol–water partition coefficient (Wildman–Crippen LogP) is 1.69. The quantitative estimate of drug-likeness (QED) is 0.361. The molecule has 0 radical (unpaired) electrons. The Hall–Kier alpha value is -1.13. The number of piperidine rings is 1. The van der Waals surface area contributed by atoms with Crippen molar-refractivity contribution in [1.29, 1.82) is 0 Å². The Kier molecular flexibility index (Phi) is 10.1. The Morgan fingerprint density at radius 3 is 2.67 bits per heavy atom. The first-order valence-electron chi connectivity index (χ1n) is 9.80. The van der Waals surface area contributed by atoms with Gasteiger partial charge in [-0.15, -0.1) is 24.0 Å². The van der Waals surface area contributed by atoms with Crippen LogP contribution in [0.3, 0.4) is 0 Å². The van der Waals surface area contributed by atoms with Crippen molar-refractivity contribution < 1.29 is 4.74 Å². The number of ether oxygens (including phenoxy) is 1. The standard InChI is InChI=1S/C19H32N6O.HI/c1-20-19(22-8-11-24-9-3-2-4-10-24)23-16-17-6-5-7-21-18(17)25-12-14-26-15-13-25;/h5-7H,2-4,8-16H2,1H3,(H2,20,22,23);1H. The van der Waals surface area contributed by atoms with Gasteiger partial charge in [-0.3, -0.25) is 4.99 Å². The number of anilines is 1. The monoisotopic (exact) mass is 488 g/mol. The third-order valence-corrected chi connectivity index (χ3v) is 5.02. The largest absolute Gasteiger partial charge is 0.378 e. The van der Waals surface area contributed by atoms with Gasteiger partial charge in [0, 0.05) is 51.5 Å². The molecule has 2 N–H and O–H groups in total. The number of aromatic nitrogens is 1. The lowest BCUT2D eigenvalue weighted by molar-refractivity contribution is 0.122. The number of halogens is 1. The van der Waals surface area contributed by atoms with Crippen LogP contribution in [0.15, 0.2) is 23.3 Å². The second kappa shape index (κ2) is 12.4. The Balaban J connectivity index is 0.00000261. The number of likely N-dealkylation sites (tertiary alicyclic amines) is 1. The van der Waals surface area contributed by atoms with Crippen LogP contribution >= 0.6 is 24.0 Å². The topological polar surface area (TPSA) is 65.0 Å². The number of pyridine rings is 1. The summed E-state index contributed by atoms with van der Waals surface area (Å²) >= 11 is 0. The maximum absolute atomic E-state index is 5.45. The highest BCUT2D eigenvalue weighted by molar-refractivity contribution is 14.0. The molecule has 0 saturated carbocycles. The molecule has 2 aliphatic heterocycles. The van der Waals surface area contributed by atoms with Crippen LogP contribution in [-0.2, 0) is 11.3 Å². The van der Waals surface area contributed by atoms with E-state index in [1.807, 2.05) is 19.3 Å². The third-order valence-electron chi connectivity index (χ3n) is 5.02. The summed E-state index contributed by atoms with van der Waals surface area (Å²) in [6.07, 6.45) is 5.90. The molecule has 2 fully saturated rings. The molecule has 27 heavy (non-hydrogen) atoms. The smallest absolute Gasteiger partial charge is 0.191 e. The van der Waals surface area contributed by atoms with Crippen molar-refractivity contribution in [3.63, 3.8) is 0 Å². The van der Waals surface area contributed by atoms with Crippen LogP contribution in [0.1, 0.15) is 24.8 Å². The molecule has 2 saturated heterocycles. The molecule has 2 aliphatic rings. The molecule has 3 rings (SSSR count). The lowest BCUT2D eigenvalue weighted by Crippen LogP contribution is -2.42. The van der Waals surface area contributed by atoms with E-state index in [9.17, 15) is 0 Å². The van der Waals surface area contributed by atoms with Crippen molar-refractivity contribution in [3.05, 3.63) is 23.9 Å². The van der Waals surface area contributed by atoms with Crippen LogP contribution in [0.2, 0.25) is 0 Å². The van der Waals surface area contributed by atoms with Crippen LogP contribution in [0.5, 0.6) is 0 Å². The van der Waals surface area contributed by atoms with Crippen molar-refractivity contribution in [1.82, 2.24) is 20.5 Å². The molecule has 0 aromatic carbocycles. The van der Waals surface area contributed by atoms with Gasteiger partial charge < -0.3 is 25.2 Å². The normalized spacial score (nSPS) is 18.7. The third kappa shape index (κ3) is 7.08. The van der Waals surface area contributed by atoms with Gasteiger partial charge in [0.25, 0.3) is 0 Å². The average Bonchev–Trinajstić information content (AvgIpc) is 2.72. The molecule has 0 spiro atoms. The van der Waals surface area contributed by atoms with Crippen LogP contribution in [0.25, 0.3) is 0 Å². The summed E-state index contributed by atoms with van der Waals surface area (Å²) in [5.41, 5.74) is 1.19. The summed E-state index contributed by atoms with van der Waals surface area (Å²) < 4.78 is 5.45. The van der Waals surface area contributed by atoms with E-state index < -0.39 is 0 Å². The maximum atomic E-state index is 5.45. The number of hydrogen-bond donors (Lipinski definition) is 2. The molecular weight excluding hydrogens is 455 g/mol. The SMILES string of the molecule is CN=C(NCCN1CCCCC1)NCc1cccnc1N1CCOCC1.I. The van der Waals surface area contributed by atoms with Crippen LogP contribution in [0.4, 0.5) is 5.82 Å². The fourth-order valence-electron chi connectivity index (χ4n) is 3.54. The molecule has 1 aromatic heterocycles. The fraction of sp³-hybridized carbons (Fsp3) is 0.684. The number of nitrogens with one attached hydrogen (secondary N) is 2. The number of morpholine rings is 1. The number of aliphatic imine (C=N–C) groups is 1. The number of rotatable bonds is 6. The summed E-state index contributed by atoms with van der Waals surface area (Å²) in [6.45, 7) is 8.49. The van der Waals surface area contributed by atoms with Gasteiger partial charge >= 0.3 is 0 Å². The zero-order chi connectivity index (χ0) is 18.0. The number of hydrogen-bond acceptors (Lipinski definition) is 5. The van der Waals surface area contributed by atoms with Crippen LogP contribution < -0.4 is 15.5 Å². The van der Waals surface area contributed by atoms with Crippen molar-refractivity contribution in [2.45, 2.75) is 25.8 Å². The molecule has 0 unspecified atom stereocenters. The summed E-state index contributed by atoms with van der Waals surface area (Å²) in [7, 11) is 1.82. The molecule has 0 atom stereocenters. The van der Waals surface area contributed by atoms with Crippen LogP contribution in [0, 0.1) is 0 Å². The summed E-state index contributed by atoms with van der Waals surface area (Å²) in [5.74, 6) is 1.89. The van der Waals surface area contributed by atoms with Gasteiger partial charge in [0.05, 0.1) is 13.2 Å². The van der Waals surface area contributed by atoms with E-state index in [1.165, 1.54) is 37.9 Å². The minimum absolute atomic E-state index is 0. The van der Waals surface area contributed by atoms with Gasteiger partial charge in [-0.25, -0.2) is 4.98 Å². The molecule has 0 aliphatic carbocycles. The van der Waals surface area contributed by atoms with Gasteiger partial charge in [-0.2, -0.15) is 0 Å². The van der Waals surface area contributed by atoms with Crippen LogP contribution in [-0.4, -0.2) is 75.4 Å². The van der Waals surface area contributed by atoms with E-state index in [4.69, 9.17) is 4.74 Å². The van der Waals surface area contributed by atoms with Gasteiger partial charge in [0.2, 0.25) is 0 Å². The maximum Gasteiger partial charge on any atom is 0.191 e. The van der Waals surface area contributed by atoms with Gasteiger partial charge in [-0.05, 0) is 32.0 Å². The first-order chi connectivity index (χ1) is 12.9. The van der Waals surface area contributed by atoms with Crippen molar-refractivity contribution in [2.24, 2.45) is 4.99 Å². The average molecular weight is 488 g/mol. The van der Waals surface area contributed by atoms with E-state index in [0.717, 1.165) is 51.2 Å². The zero-order valence-electron chi connectivity index (χ0n) is 16.3. The van der Waals surface area contributed by atoms with Gasteiger partial charge in [-0.1, -0.05) is 12.5 Å². The Labute approximate surface area is 180 Å². The molecule has 1 aromatic rings. The first kappa shape index (κ1) is 22.2. The lowest BCUT2D eigenvalue weighted by atomic mass is 10.1. The van der Waals surface area contributed by atoms with E-state index in [1.54, 1.807) is 0 Å². The highest BCUT2D eigenvalue weighted by atomic mass is 127. The molecule has 0 amide bonds. The fourth-order valence-corrected chi connectivity index (χ4v) is 3.54. The second-order valence-electron chi connectivity index (χ2n) is 6.84. The van der Waals surface area contributed by atoms with Crippen molar-refractivity contribution in [2.75, 3.05) is 64.4 Å². The predicted molar refractivity (Wildman–Crippen MR) is 121 cm³/mol. The lowest BCUT2D eigenvalue weighted by Gasteiger charge is -2.29. The Morgan fingerprint density at radius 2 is 1.93 bits per heavy atom. The van der Waals surface area contributed by atoms with Gasteiger partial charge in [0.1, 0.15) is 5.82 Å². The van der Waals surface area contributed by atoms with E-state index >= 15 is 0 Å². The molecule has 7 nitrogen and oxygen atoms in total. The number of guanidine groups is 1. The first-order valence-corrected chi connectivity index (χ1v) is 9.80. The van der Waals surface area contributed by atoms with E-state index in [0.29, 0.717) is 6.54 Å². The minimum Gasteiger partial charge on any atom is -0.378 e. The molecular formula is C19H33IN6O. The molecule has 0 bridgehead atoms. The molecule has 152 valence electrons. The van der Waals surface area contributed by atoms with E-state index in [2.05, 4.69) is 36.5 Å².